The fraction of sp³-hybridized carbons (Fsp3) is 0.588. The van der Waals surface area contributed by atoms with E-state index in [2.05, 4.69) is 5.32 Å². The molecule has 0 aliphatic carbocycles. The Hall–Kier alpha value is -1.23. The summed E-state index contributed by atoms with van der Waals surface area (Å²) in [6.07, 6.45) is 1.50. The summed E-state index contributed by atoms with van der Waals surface area (Å²) < 4.78 is 37.3. The largest absolute Gasteiger partial charge is 0.381 e. The van der Waals surface area contributed by atoms with Gasteiger partial charge >= 0.3 is 0 Å². The Labute approximate surface area is 165 Å². The van der Waals surface area contributed by atoms with Gasteiger partial charge < -0.3 is 20.5 Å². The lowest BCUT2D eigenvalue weighted by Gasteiger charge is -2.27. The van der Waals surface area contributed by atoms with E-state index in [0.29, 0.717) is 45.2 Å². The van der Waals surface area contributed by atoms with Crippen molar-refractivity contribution < 1.29 is 22.7 Å². The third-order valence-electron chi connectivity index (χ3n) is 4.79. The van der Waals surface area contributed by atoms with Crippen LogP contribution in [0.25, 0.3) is 0 Å². The predicted molar refractivity (Wildman–Crippen MR) is 103 cm³/mol. The highest BCUT2D eigenvalue weighted by Crippen LogP contribution is 2.22. The zero-order chi connectivity index (χ0) is 18.6. The lowest BCUT2D eigenvalue weighted by molar-refractivity contribution is -0.119. The minimum absolute atomic E-state index is 0. The molecule has 0 aromatic heterocycles. The number of carbonyl (C=O) groups excluding carboxylic acids is 1. The number of anilines is 1. The van der Waals surface area contributed by atoms with Crippen molar-refractivity contribution in [3.63, 3.8) is 0 Å². The van der Waals surface area contributed by atoms with Crippen LogP contribution in [0.3, 0.4) is 0 Å². The molecule has 3 rings (SSSR count). The summed E-state index contributed by atoms with van der Waals surface area (Å²) in [6.45, 7) is 2.64. The van der Waals surface area contributed by atoms with Crippen molar-refractivity contribution >= 4 is 34.0 Å². The highest BCUT2D eigenvalue weighted by Gasteiger charge is 2.28. The van der Waals surface area contributed by atoms with Crippen molar-refractivity contribution in [2.24, 2.45) is 11.7 Å². The number of nitrogens with one attached hydrogen (secondary N) is 1. The summed E-state index contributed by atoms with van der Waals surface area (Å²) in [5, 5.41) is 2.74. The molecular weight excluding hydrogens is 394 g/mol. The number of hydrogen-bond acceptors (Lipinski definition) is 6. The van der Waals surface area contributed by atoms with Crippen molar-refractivity contribution in [2.45, 2.75) is 23.8 Å². The third-order valence-corrected chi connectivity index (χ3v) is 6.68. The number of halogens is 1. The average Bonchev–Trinajstić information content (AvgIpc) is 2.69. The van der Waals surface area contributed by atoms with E-state index in [0.717, 1.165) is 12.8 Å². The first kappa shape index (κ1) is 22.1. The van der Waals surface area contributed by atoms with Crippen molar-refractivity contribution in [1.29, 1.82) is 0 Å². The molecule has 1 aromatic carbocycles. The van der Waals surface area contributed by atoms with Gasteiger partial charge in [0.15, 0.2) is 0 Å². The predicted octanol–water partition coefficient (Wildman–Crippen LogP) is 0.822. The lowest BCUT2D eigenvalue weighted by atomic mass is 9.92. The van der Waals surface area contributed by atoms with E-state index in [9.17, 15) is 13.2 Å². The van der Waals surface area contributed by atoms with Crippen LogP contribution in [0, 0.1) is 5.92 Å². The van der Waals surface area contributed by atoms with Gasteiger partial charge in [0, 0.05) is 32.0 Å². The Morgan fingerprint density at radius 1 is 1.15 bits per heavy atom. The molecule has 2 heterocycles. The number of nitrogens with two attached hydrogens (primary N) is 1. The third kappa shape index (κ3) is 5.40. The van der Waals surface area contributed by atoms with Crippen LogP contribution in [0.15, 0.2) is 29.2 Å². The van der Waals surface area contributed by atoms with Crippen LogP contribution in [0.1, 0.15) is 12.8 Å². The van der Waals surface area contributed by atoms with Gasteiger partial charge in [0.2, 0.25) is 15.9 Å². The summed E-state index contributed by atoms with van der Waals surface area (Å²) in [7, 11) is -3.61. The fourth-order valence-electron chi connectivity index (χ4n) is 3.18. The molecule has 2 aliphatic heterocycles. The molecule has 0 saturated carbocycles. The van der Waals surface area contributed by atoms with Gasteiger partial charge in [0.1, 0.15) is 0 Å². The van der Waals surface area contributed by atoms with E-state index in [-0.39, 0.29) is 29.1 Å². The molecule has 0 bridgehead atoms. The second kappa shape index (κ2) is 9.81. The Morgan fingerprint density at radius 3 is 2.44 bits per heavy atom. The quantitative estimate of drug-likeness (QED) is 0.731. The van der Waals surface area contributed by atoms with Crippen molar-refractivity contribution in [3.05, 3.63) is 24.3 Å². The smallest absolute Gasteiger partial charge is 0.243 e. The molecule has 1 aromatic rings. The van der Waals surface area contributed by atoms with Gasteiger partial charge in [-0.05, 0) is 37.0 Å². The summed E-state index contributed by atoms with van der Waals surface area (Å²) in [4.78, 5) is 12.6. The van der Waals surface area contributed by atoms with E-state index in [4.69, 9.17) is 15.2 Å². The van der Waals surface area contributed by atoms with E-state index in [1.807, 2.05) is 0 Å². The van der Waals surface area contributed by atoms with Gasteiger partial charge in [-0.25, -0.2) is 8.42 Å². The normalized spacial score (nSPS) is 20.5. The fourth-order valence-corrected chi connectivity index (χ4v) is 4.64. The van der Waals surface area contributed by atoms with Gasteiger partial charge in [0.05, 0.1) is 24.2 Å². The second-order valence-corrected chi connectivity index (χ2v) is 8.45. The maximum Gasteiger partial charge on any atom is 0.243 e. The standard InChI is InChI=1S/C17H25N3O5S.ClH/c18-16(13-4-8-24-9-5-13)17(21)19-14-2-1-3-15(12-14)26(22,23)20-6-10-25-11-7-20;/h1-3,12-13,16H,4-11,18H2,(H,19,21);1H. The molecular formula is C17H26ClN3O5S. The van der Waals surface area contributed by atoms with Crippen molar-refractivity contribution in [3.8, 4) is 0 Å². The zero-order valence-electron chi connectivity index (χ0n) is 15.0. The lowest BCUT2D eigenvalue weighted by Crippen LogP contribution is -2.44. The molecule has 10 heteroatoms. The molecule has 0 radical (unpaired) electrons. The zero-order valence-corrected chi connectivity index (χ0v) is 16.6. The number of hydrogen-bond donors (Lipinski definition) is 2. The van der Waals surface area contributed by atoms with Gasteiger partial charge in [0.25, 0.3) is 0 Å². The highest BCUT2D eigenvalue weighted by atomic mass is 35.5. The number of rotatable bonds is 5. The van der Waals surface area contributed by atoms with E-state index < -0.39 is 16.1 Å². The second-order valence-electron chi connectivity index (χ2n) is 6.51. The maximum atomic E-state index is 12.7. The number of ether oxygens (including phenoxy) is 2. The molecule has 27 heavy (non-hydrogen) atoms. The average molecular weight is 420 g/mol. The first-order chi connectivity index (χ1) is 12.5. The summed E-state index contributed by atoms with van der Waals surface area (Å²) in [5.74, 6) is -0.234. The van der Waals surface area contributed by atoms with Crippen LogP contribution >= 0.6 is 12.4 Å². The van der Waals surface area contributed by atoms with Gasteiger partial charge in [-0.15, -0.1) is 12.4 Å². The van der Waals surface area contributed by atoms with Crippen LogP contribution in [0.4, 0.5) is 5.69 Å². The summed E-state index contributed by atoms with van der Waals surface area (Å²) >= 11 is 0. The minimum atomic E-state index is -3.61. The van der Waals surface area contributed by atoms with Crippen LogP contribution in [-0.2, 0) is 24.3 Å². The molecule has 1 amide bonds. The summed E-state index contributed by atoms with van der Waals surface area (Å²) in [6, 6.07) is 5.63. The Balaban J connectivity index is 0.00000261. The minimum Gasteiger partial charge on any atom is -0.381 e. The topological polar surface area (TPSA) is 111 Å². The molecule has 2 fully saturated rings. The number of nitrogens with zero attached hydrogens (tertiary/aromatic N) is 1. The Bertz CT molecular complexity index is 734. The first-order valence-corrected chi connectivity index (χ1v) is 10.2. The molecule has 3 N–H and O–H groups in total. The molecule has 152 valence electrons. The summed E-state index contributed by atoms with van der Waals surface area (Å²) in [5.41, 5.74) is 6.50. The SMILES string of the molecule is Cl.NC(C(=O)Nc1cccc(S(=O)(=O)N2CCOCC2)c1)C1CCOCC1. The van der Waals surface area contributed by atoms with E-state index >= 15 is 0 Å². The van der Waals surface area contributed by atoms with Gasteiger partial charge in [-0.3, -0.25) is 4.79 Å². The number of morpholine rings is 1. The number of benzene rings is 1. The molecule has 8 nitrogen and oxygen atoms in total. The Morgan fingerprint density at radius 2 is 1.78 bits per heavy atom. The molecule has 2 saturated heterocycles. The number of sulfonamides is 1. The molecule has 1 unspecified atom stereocenters. The van der Waals surface area contributed by atoms with Crippen molar-refractivity contribution in [1.82, 2.24) is 4.31 Å². The van der Waals surface area contributed by atoms with Crippen LogP contribution < -0.4 is 11.1 Å². The maximum absolute atomic E-state index is 12.7. The van der Waals surface area contributed by atoms with Crippen molar-refractivity contribution in [2.75, 3.05) is 44.8 Å². The van der Waals surface area contributed by atoms with Crippen LogP contribution in [-0.4, -0.2) is 64.2 Å². The number of amides is 1. The molecule has 2 aliphatic rings. The Kier molecular flexibility index (Phi) is 8.02. The first-order valence-electron chi connectivity index (χ1n) is 8.80. The van der Waals surface area contributed by atoms with Gasteiger partial charge in [-0.1, -0.05) is 6.07 Å². The molecule has 0 spiro atoms. The highest BCUT2D eigenvalue weighted by molar-refractivity contribution is 7.89. The molecule has 1 atom stereocenters. The van der Waals surface area contributed by atoms with Gasteiger partial charge in [-0.2, -0.15) is 4.31 Å². The van der Waals surface area contributed by atoms with E-state index in [1.54, 1.807) is 12.1 Å². The van der Waals surface area contributed by atoms with E-state index in [1.165, 1.54) is 16.4 Å². The monoisotopic (exact) mass is 419 g/mol. The number of carbonyl (C=O) groups is 1. The van der Waals surface area contributed by atoms with Crippen LogP contribution in [0.5, 0.6) is 0 Å². The van der Waals surface area contributed by atoms with Crippen LogP contribution in [0.2, 0.25) is 0 Å².